The summed E-state index contributed by atoms with van der Waals surface area (Å²) >= 11 is 0. The lowest BCUT2D eigenvalue weighted by Crippen LogP contribution is -2.47. The molecule has 2 aliphatic rings. The fourth-order valence-corrected chi connectivity index (χ4v) is 4.34. The number of pyridine rings is 1. The third kappa shape index (κ3) is 3.83. The van der Waals surface area contributed by atoms with Crippen LogP contribution in [-0.2, 0) is 13.9 Å². The first-order valence-electron chi connectivity index (χ1n) is 9.16. The standard InChI is InChI=1S/C19H32N2O3Si/c1-18(2,3)25(6,7)22-12-14-16-17(24-19(4,5)23-16)15(21-14)13-9-8-10-20-11-13/h8-11,14-17,21H,12H2,1-7H3/t14-,15+,16-,17+/m1/s1. The van der Waals surface area contributed by atoms with Crippen LogP contribution in [0.25, 0.3) is 0 Å². The molecule has 1 aromatic heterocycles. The van der Waals surface area contributed by atoms with Gasteiger partial charge in [0.25, 0.3) is 0 Å². The summed E-state index contributed by atoms with van der Waals surface area (Å²) in [6.45, 7) is 16.0. The largest absolute Gasteiger partial charge is 0.415 e. The average Bonchev–Trinajstić information content (AvgIpc) is 2.98. The van der Waals surface area contributed by atoms with E-state index >= 15 is 0 Å². The molecule has 0 saturated carbocycles. The van der Waals surface area contributed by atoms with Gasteiger partial charge in [-0.05, 0) is 43.6 Å². The Morgan fingerprint density at radius 3 is 2.52 bits per heavy atom. The Labute approximate surface area is 152 Å². The summed E-state index contributed by atoms with van der Waals surface area (Å²) in [6.07, 6.45) is 3.67. The zero-order chi connectivity index (χ0) is 18.5. The minimum atomic E-state index is -1.80. The fourth-order valence-electron chi connectivity index (χ4n) is 3.31. The molecule has 2 aliphatic heterocycles. The minimum absolute atomic E-state index is 0.00928. The van der Waals surface area contributed by atoms with E-state index in [1.165, 1.54) is 0 Å². The second-order valence-corrected chi connectivity index (χ2v) is 14.0. The Hall–Kier alpha value is -0.793. The van der Waals surface area contributed by atoms with E-state index in [-0.39, 0.29) is 29.3 Å². The summed E-state index contributed by atoms with van der Waals surface area (Å²) in [7, 11) is -1.80. The lowest BCUT2D eigenvalue weighted by molar-refractivity contribution is -0.157. The zero-order valence-electron chi connectivity index (χ0n) is 16.5. The van der Waals surface area contributed by atoms with Gasteiger partial charge in [-0.1, -0.05) is 26.8 Å². The van der Waals surface area contributed by atoms with Crippen LogP contribution in [0.2, 0.25) is 18.1 Å². The third-order valence-electron chi connectivity index (χ3n) is 5.76. The molecular weight excluding hydrogens is 332 g/mol. The van der Waals surface area contributed by atoms with Crippen molar-refractivity contribution in [2.45, 2.75) is 82.8 Å². The number of ether oxygens (including phenoxy) is 2. The first-order valence-corrected chi connectivity index (χ1v) is 12.1. The summed E-state index contributed by atoms with van der Waals surface area (Å²) < 4.78 is 18.9. The van der Waals surface area contributed by atoms with Crippen molar-refractivity contribution in [2.75, 3.05) is 6.61 Å². The van der Waals surface area contributed by atoms with E-state index in [4.69, 9.17) is 13.9 Å². The van der Waals surface area contributed by atoms with Crippen molar-refractivity contribution in [1.29, 1.82) is 0 Å². The summed E-state index contributed by atoms with van der Waals surface area (Å²) in [6, 6.07) is 4.25. The Kier molecular flexibility index (Phi) is 4.88. The first kappa shape index (κ1) is 19.0. The highest BCUT2D eigenvalue weighted by atomic mass is 28.4. The molecule has 2 fully saturated rings. The highest BCUT2D eigenvalue weighted by Gasteiger charge is 2.54. The van der Waals surface area contributed by atoms with Crippen LogP contribution < -0.4 is 5.32 Å². The van der Waals surface area contributed by atoms with Gasteiger partial charge in [0.05, 0.1) is 18.7 Å². The number of nitrogens with zero attached hydrogens (tertiary/aromatic N) is 1. The Morgan fingerprint density at radius 1 is 1.24 bits per heavy atom. The molecule has 0 spiro atoms. The highest BCUT2D eigenvalue weighted by molar-refractivity contribution is 6.74. The van der Waals surface area contributed by atoms with E-state index in [2.05, 4.69) is 50.2 Å². The molecule has 3 heterocycles. The Morgan fingerprint density at radius 2 is 1.92 bits per heavy atom. The lowest BCUT2D eigenvalue weighted by Gasteiger charge is -2.37. The van der Waals surface area contributed by atoms with Gasteiger partial charge >= 0.3 is 0 Å². The quantitative estimate of drug-likeness (QED) is 0.827. The smallest absolute Gasteiger partial charge is 0.192 e. The maximum Gasteiger partial charge on any atom is 0.192 e. The second-order valence-electron chi connectivity index (χ2n) is 9.17. The maximum atomic E-state index is 6.46. The maximum absolute atomic E-state index is 6.46. The highest BCUT2D eigenvalue weighted by Crippen LogP contribution is 2.42. The van der Waals surface area contributed by atoms with Gasteiger partial charge in [0.2, 0.25) is 0 Å². The van der Waals surface area contributed by atoms with Gasteiger partial charge in [0.15, 0.2) is 14.1 Å². The molecule has 1 N–H and O–H groups in total. The van der Waals surface area contributed by atoms with Crippen LogP contribution in [0.5, 0.6) is 0 Å². The van der Waals surface area contributed by atoms with Crippen molar-refractivity contribution in [3.8, 4) is 0 Å². The van der Waals surface area contributed by atoms with Gasteiger partial charge < -0.3 is 19.2 Å². The van der Waals surface area contributed by atoms with Crippen LogP contribution >= 0.6 is 0 Å². The van der Waals surface area contributed by atoms with Crippen molar-refractivity contribution < 1.29 is 13.9 Å². The van der Waals surface area contributed by atoms with Crippen LogP contribution in [0.4, 0.5) is 0 Å². The molecule has 0 aromatic carbocycles. The van der Waals surface area contributed by atoms with Crippen LogP contribution in [-0.4, -0.2) is 43.9 Å². The molecule has 3 rings (SSSR count). The van der Waals surface area contributed by atoms with Crippen molar-refractivity contribution >= 4 is 8.32 Å². The molecule has 0 aliphatic carbocycles. The normalized spacial score (nSPS) is 32.0. The van der Waals surface area contributed by atoms with Crippen LogP contribution in [0.1, 0.15) is 46.2 Å². The summed E-state index contributed by atoms with van der Waals surface area (Å²) in [5.74, 6) is -0.562. The molecule has 4 atom stereocenters. The summed E-state index contributed by atoms with van der Waals surface area (Å²) in [5, 5.41) is 3.87. The lowest BCUT2D eigenvalue weighted by atomic mass is 10.0. The number of fused-ring (bicyclic) bond motifs is 1. The fraction of sp³-hybridized carbons (Fsp3) is 0.737. The predicted molar refractivity (Wildman–Crippen MR) is 101 cm³/mol. The van der Waals surface area contributed by atoms with Crippen LogP contribution in [0.3, 0.4) is 0 Å². The van der Waals surface area contributed by atoms with Gasteiger partial charge in [-0.15, -0.1) is 0 Å². The molecule has 0 amide bonds. The number of hydrogen-bond donors (Lipinski definition) is 1. The van der Waals surface area contributed by atoms with E-state index in [1.807, 2.05) is 26.1 Å². The van der Waals surface area contributed by atoms with Crippen LogP contribution in [0.15, 0.2) is 24.5 Å². The van der Waals surface area contributed by atoms with Crippen molar-refractivity contribution in [2.24, 2.45) is 0 Å². The number of nitrogens with one attached hydrogen (secondary N) is 1. The van der Waals surface area contributed by atoms with E-state index in [0.29, 0.717) is 6.61 Å². The minimum Gasteiger partial charge on any atom is -0.415 e. The molecule has 0 radical (unpaired) electrons. The molecule has 6 heteroatoms. The van der Waals surface area contributed by atoms with Crippen molar-refractivity contribution in [1.82, 2.24) is 10.3 Å². The molecule has 25 heavy (non-hydrogen) atoms. The Balaban J connectivity index is 1.77. The van der Waals surface area contributed by atoms with E-state index in [1.54, 1.807) is 6.20 Å². The van der Waals surface area contributed by atoms with E-state index < -0.39 is 14.1 Å². The first-order chi connectivity index (χ1) is 11.5. The average molecular weight is 365 g/mol. The van der Waals surface area contributed by atoms with Gasteiger partial charge in [0.1, 0.15) is 12.2 Å². The topological polar surface area (TPSA) is 52.6 Å². The summed E-state index contributed by atoms with van der Waals surface area (Å²) in [5.41, 5.74) is 1.13. The molecule has 0 bridgehead atoms. The SMILES string of the molecule is CC1(C)O[C@@H]2[C@H](O1)[C@@H](CO[Si](C)(C)C(C)(C)C)N[C@H]2c1cccnc1. The van der Waals surface area contributed by atoms with Gasteiger partial charge in [-0.25, -0.2) is 0 Å². The number of aromatic nitrogens is 1. The van der Waals surface area contributed by atoms with Gasteiger partial charge in [-0.3, -0.25) is 4.98 Å². The molecular formula is C19H32N2O3Si. The third-order valence-corrected chi connectivity index (χ3v) is 10.3. The number of rotatable bonds is 4. The predicted octanol–water partition coefficient (Wildman–Crippen LogP) is 3.64. The Bertz CT molecular complexity index is 600. The second kappa shape index (κ2) is 6.42. The van der Waals surface area contributed by atoms with E-state index in [0.717, 1.165) is 5.56 Å². The summed E-state index contributed by atoms with van der Waals surface area (Å²) in [4.78, 5) is 4.26. The molecule has 140 valence electrons. The number of hydrogen-bond acceptors (Lipinski definition) is 5. The van der Waals surface area contributed by atoms with Crippen molar-refractivity contribution in [3.05, 3.63) is 30.1 Å². The van der Waals surface area contributed by atoms with E-state index in [9.17, 15) is 0 Å². The van der Waals surface area contributed by atoms with Gasteiger partial charge in [-0.2, -0.15) is 0 Å². The molecule has 2 saturated heterocycles. The van der Waals surface area contributed by atoms with Gasteiger partial charge in [0, 0.05) is 12.4 Å². The molecule has 5 nitrogen and oxygen atoms in total. The van der Waals surface area contributed by atoms with Crippen molar-refractivity contribution in [3.63, 3.8) is 0 Å². The monoisotopic (exact) mass is 364 g/mol. The van der Waals surface area contributed by atoms with Crippen LogP contribution in [0, 0.1) is 0 Å². The molecule has 0 unspecified atom stereocenters. The molecule has 1 aromatic rings. The zero-order valence-corrected chi connectivity index (χ0v) is 17.5.